The molecule has 6 heteroatoms. The van der Waals surface area contributed by atoms with Crippen molar-refractivity contribution >= 4 is 17.9 Å². The van der Waals surface area contributed by atoms with Gasteiger partial charge in [-0.2, -0.15) is 0 Å². The summed E-state index contributed by atoms with van der Waals surface area (Å²) in [6, 6.07) is 0. The number of unbranched alkanes of at least 4 members (excludes halogenated alkanes) is 30. The summed E-state index contributed by atoms with van der Waals surface area (Å²) in [5.41, 5.74) is 0. The number of carbonyl (C=O) groups is 3. The summed E-state index contributed by atoms with van der Waals surface area (Å²) in [4.78, 5) is 38.1. The fourth-order valence-corrected chi connectivity index (χ4v) is 8.43. The Bertz CT molecular complexity index is 1370. The molecule has 71 heavy (non-hydrogen) atoms. The van der Waals surface area contributed by atoms with Gasteiger partial charge < -0.3 is 14.2 Å². The molecule has 0 aromatic heterocycles. The maximum absolute atomic E-state index is 12.8. The number of carbonyl (C=O) groups excluding carboxylic acids is 3. The highest BCUT2D eigenvalue weighted by atomic mass is 16.6. The van der Waals surface area contributed by atoms with E-state index in [-0.39, 0.29) is 31.6 Å². The second-order valence-electron chi connectivity index (χ2n) is 19.9. The molecule has 0 N–H and O–H groups in total. The first-order valence-corrected chi connectivity index (χ1v) is 30.1. The summed E-state index contributed by atoms with van der Waals surface area (Å²) in [6.07, 6.45) is 77.6. The van der Waals surface area contributed by atoms with Gasteiger partial charge in [-0.05, 0) is 77.0 Å². The normalized spacial score (nSPS) is 12.7. The van der Waals surface area contributed by atoms with Crippen LogP contribution in [0.15, 0.2) is 85.1 Å². The van der Waals surface area contributed by atoms with Crippen LogP contribution < -0.4 is 0 Å². The lowest BCUT2D eigenvalue weighted by Gasteiger charge is -2.18. The lowest BCUT2D eigenvalue weighted by atomic mass is 10.0. The predicted molar refractivity (Wildman–Crippen MR) is 307 cm³/mol. The molecular formula is C65H112O6. The molecule has 0 amide bonds. The Kier molecular flexibility index (Phi) is 56.3. The Morgan fingerprint density at radius 1 is 0.310 bits per heavy atom. The Labute approximate surface area is 439 Å². The monoisotopic (exact) mass is 989 g/mol. The number of allylic oxidation sites excluding steroid dienone is 13. The largest absolute Gasteiger partial charge is 0.462 e. The molecule has 0 fully saturated rings. The molecule has 6 nitrogen and oxygen atoms in total. The summed E-state index contributed by atoms with van der Waals surface area (Å²) in [5.74, 6) is -1.04. The molecule has 0 radical (unpaired) electrons. The maximum atomic E-state index is 12.8. The van der Waals surface area contributed by atoms with Crippen molar-refractivity contribution in [2.45, 2.75) is 297 Å². The average molecular weight is 990 g/mol. The Balaban J connectivity index is 4.34. The van der Waals surface area contributed by atoms with Gasteiger partial charge in [0.2, 0.25) is 0 Å². The Hall–Kier alpha value is -3.41. The zero-order valence-electron chi connectivity index (χ0n) is 46.7. The Morgan fingerprint density at radius 3 is 0.930 bits per heavy atom. The van der Waals surface area contributed by atoms with E-state index >= 15 is 0 Å². The van der Waals surface area contributed by atoms with E-state index in [0.717, 1.165) is 77.0 Å². The molecule has 0 saturated carbocycles. The van der Waals surface area contributed by atoms with Crippen molar-refractivity contribution < 1.29 is 28.6 Å². The van der Waals surface area contributed by atoms with Gasteiger partial charge in [-0.3, -0.25) is 14.4 Å². The highest BCUT2D eigenvalue weighted by Crippen LogP contribution is 2.16. The van der Waals surface area contributed by atoms with Gasteiger partial charge in [-0.25, -0.2) is 0 Å². The third kappa shape index (κ3) is 57.4. The SMILES string of the molecule is CC/C=C\C/C=C\C/C=C\C/C=C\C/C=C\CC(=O)OC(COC(=O)CCCCCCCCCCCCCCC)COC(=O)CCCCCCCCCCCCCCC/C=C\C/C=C\CCCCCCC. The van der Waals surface area contributed by atoms with Gasteiger partial charge in [0.15, 0.2) is 6.10 Å². The molecule has 1 unspecified atom stereocenters. The molecule has 0 bridgehead atoms. The van der Waals surface area contributed by atoms with E-state index in [4.69, 9.17) is 14.2 Å². The molecular weight excluding hydrogens is 877 g/mol. The van der Waals surface area contributed by atoms with Crippen LogP contribution in [0.1, 0.15) is 290 Å². The van der Waals surface area contributed by atoms with E-state index in [1.165, 1.54) is 173 Å². The van der Waals surface area contributed by atoms with Crippen molar-refractivity contribution in [3.05, 3.63) is 85.1 Å². The van der Waals surface area contributed by atoms with Crippen LogP contribution in [-0.4, -0.2) is 37.2 Å². The van der Waals surface area contributed by atoms with Gasteiger partial charge >= 0.3 is 17.9 Å². The lowest BCUT2D eigenvalue weighted by molar-refractivity contribution is -0.166. The standard InChI is InChI=1S/C65H112O6/c1-4-7-10-13-16-19-22-25-27-28-29-30-31-32-33-34-35-36-38-40-43-46-49-52-55-58-64(67)70-61-62(60-69-63(66)57-54-51-48-45-42-39-24-21-18-15-12-9-6-3)71-65(68)59-56-53-50-47-44-41-37-26-23-20-17-14-11-8-5-2/h8,11,17,20,22,25-26,28-29,37,44,47,53,56,62H,4-7,9-10,12-16,18-19,21,23-24,27,30-36,38-43,45-46,48-52,54-55,57-61H2,1-3H3/b11-8-,20-17-,25-22-,29-28-,37-26-,47-44-,56-53-. The van der Waals surface area contributed by atoms with E-state index in [1.54, 1.807) is 6.08 Å². The minimum absolute atomic E-state index is 0.0984. The topological polar surface area (TPSA) is 78.9 Å². The fraction of sp³-hybridized carbons (Fsp3) is 0.738. The highest BCUT2D eigenvalue weighted by Gasteiger charge is 2.19. The van der Waals surface area contributed by atoms with Crippen LogP contribution in [-0.2, 0) is 28.6 Å². The summed E-state index contributed by atoms with van der Waals surface area (Å²) in [6.45, 7) is 6.45. The molecule has 1 atom stereocenters. The molecule has 0 heterocycles. The first kappa shape index (κ1) is 67.6. The molecule has 0 aliphatic heterocycles. The zero-order chi connectivity index (χ0) is 51.4. The van der Waals surface area contributed by atoms with E-state index in [2.05, 4.69) is 93.7 Å². The van der Waals surface area contributed by atoms with Gasteiger partial charge in [-0.1, -0.05) is 279 Å². The van der Waals surface area contributed by atoms with Gasteiger partial charge in [0.05, 0.1) is 6.42 Å². The average Bonchev–Trinajstić information content (AvgIpc) is 3.37. The minimum Gasteiger partial charge on any atom is -0.462 e. The summed E-state index contributed by atoms with van der Waals surface area (Å²) < 4.78 is 16.8. The number of hydrogen-bond acceptors (Lipinski definition) is 6. The maximum Gasteiger partial charge on any atom is 0.310 e. The predicted octanol–water partition coefficient (Wildman–Crippen LogP) is 20.3. The molecule has 0 aliphatic rings. The lowest BCUT2D eigenvalue weighted by Crippen LogP contribution is -2.30. The third-order valence-corrected chi connectivity index (χ3v) is 12.9. The number of rotatable bonds is 54. The Morgan fingerprint density at radius 2 is 0.592 bits per heavy atom. The van der Waals surface area contributed by atoms with Crippen LogP contribution >= 0.6 is 0 Å². The van der Waals surface area contributed by atoms with E-state index in [1.807, 2.05) is 6.08 Å². The van der Waals surface area contributed by atoms with Crippen LogP contribution in [0.5, 0.6) is 0 Å². The summed E-state index contributed by atoms with van der Waals surface area (Å²) in [5, 5.41) is 0. The van der Waals surface area contributed by atoms with Crippen LogP contribution in [0.25, 0.3) is 0 Å². The minimum atomic E-state index is -0.829. The molecule has 0 spiro atoms. The number of esters is 3. The zero-order valence-corrected chi connectivity index (χ0v) is 46.7. The van der Waals surface area contributed by atoms with Crippen LogP contribution in [0.4, 0.5) is 0 Å². The van der Waals surface area contributed by atoms with Crippen molar-refractivity contribution in [3.8, 4) is 0 Å². The van der Waals surface area contributed by atoms with Crippen molar-refractivity contribution in [1.29, 1.82) is 0 Å². The van der Waals surface area contributed by atoms with Crippen molar-refractivity contribution in [1.82, 2.24) is 0 Å². The van der Waals surface area contributed by atoms with Crippen molar-refractivity contribution in [2.24, 2.45) is 0 Å². The molecule has 0 rings (SSSR count). The molecule has 0 aromatic rings. The van der Waals surface area contributed by atoms with E-state index in [9.17, 15) is 14.4 Å². The smallest absolute Gasteiger partial charge is 0.310 e. The fourth-order valence-electron chi connectivity index (χ4n) is 8.43. The van der Waals surface area contributed by atoms with E-state index in [0.29, 0.717) is 12.8 Å². The van der Waals surface area contributed by atoms with Crippen LogP contribution in [0.3, 0.4) is 0 Å². The van der Waals surface area contributed by atoms with Gasteiger partial charge in [0.1, 0.15) is 13.2 Å². The van der Waals surface area contributed by atoms with Crippen molar-refractivity contribution in [2.75, 3.05) is 13.2 Å². The third-order valence-electron chi connectivity index (χ3n) is 12.9. The van der Waals surface area contributed by atoms with Crippen molar-refractivity contribution in [3.63, 3.8) is 0 Å². The summed E-state index contributed by atoms with van der Waals surface area (Å²) >= 11 is 0. The molecule has 0 saturated heterocycles. The first-order valence-electron chi connectivity index (χ1n) is 30.1. The van der Waals surface area contributed by atoms with Gasteiger partial charge in [0.25, 0.3) is 0 Å². The van der Waals surface area contributed by atoms with E-state index < -0.39 is 12.1 Å². The van der Waals surface area contributed by atoms with Gasteiger partial charge in [-0.15, -0.1) is 0 Å². The second-order valence-corrected chi connectivity index (χ2v) is 19.9. The molecule has 408 valence electrons. The quantitative estimate of drug-likeness (QED) is 0.0261. The van der Waals surface area contributed by atoms with Crippen LogP contribution in [0, 0.1) is 0 Å². The number of hydrogen-bond donors (Lipinski definition) is 0. The summed E-state index contributed by atoms with van der Waals surface area (Å²) in [7, 11) is 0. The molecule has 0 aromatic carbocycles. The number of ether oxygens (including phenoxy) is 3. The first-order chi connectivity index (χ1) is 35.0. The van der Waals surface area contributed by atoms with Gasteiger partial charge in [0, 0.05) is 12.8 Å². The van der Waals surface area contributed by atoms with Crippen LogP contribution in [0.2, 0.25) is 0 Å². The second kappa shape index (κ2) is 59.2. The molecule has 0 aliphatic carbocycles. The highest BCUT2D eigenvalue weighted by molar-refractivity contribution is 5.72.